The minimum atomic E-state index is -0.166. The molecule has 1 aliphatic rings. The van der Waals surface area contributed by atoms with Crippen molar-refractivity contribution in [3.05, 3.63) is 52.3 Å². The summed E-state index contributed by atoms with van der Waals surface area (Å²) in [5.41, 5.74) is 4.42. The molecule has 0 fully saturated rings. The second-order valence-corrected chi connectivity index (χ2v) is 7.48. The highest BCUT2D eigenvalue weighted by Gasteiger charge is 2.27. The molecule has 0 radical (unpaired) electrons. The maximum absolute atomic E-state index is 12.7. The van der Waals surface area contributed by atoms with Crippen molar-refractivity contribution < 1.29 is 9.59 Å². The molecular formula is C21H28N4O2. The van der Waals surface area contributed by atoms with Crippen molar-refractivity contribution in [1.29, 1.82) is 0 Å². The predicted molar refractivity (Wildman–Crippen MR) is 104 cm³/mol. The second kappa shape index (κ2) is 8.37. The van der Waals surface area contributed by atoms with Gasteiger partial charge in [0.25, 0.3) is 5.91 Å². The van der Waals surface area contributed by atoms with E-state index in [1.807, 2.05) is 36.1 Å². The third kappa shape index (κ3) is 4.56. The van der Waals surface area contributed by atoms with Crippen LogP contribution in [-0.2, 0) is 24.2 Å². The fourth-order valence-electron chi connectivity index (χ4n) is 3.18. The predicted octanol–water partition coefficient (Wildman–Crippen LogP) is 2.62. The topological polar surface area (TPSA) is 78.1 Å². The molecule has 2 aromatic rings. The van der Waals surface area contributed by atoms with Crippen molar-refractivity contribution in [3.63, 3.8) is 0 Å². The summed E-state index contributed by atoms with van der Waals surface area (Å²) in [6, 6.07) is 8.03. The summed E-state index contributed by atoms with van der Waals surface area (Å²) in [6.45, 7) is 7.95. The number of amides is 2. The maximum atomic E-state index is 12.7. The van der Waals surface area contributed by atoms with Crippen molar-refractivity contribution in [3.8, 4) is 0 Å². The Bertz CT molecular complexity index is 810. The fraction of sp³-hybridized carbons (Fsp3) is 0.476. The number of fused-ring (bicyclic) bond motifs is 1. The van der Waals surface area contributed by atoms with Gasteiger partial charge in [0.05, 0.1) is 6.42 Å². The molecule has 0 saturated carbocycles. The quantitative estimate of drug-likeness (QED) is 0.823. The zero-order chi connectivity index (χ0) is 19.4. The highest BCUT2D eigenvalue weighted by Crippen LogP contribution is 2.21. The summed E-state index contributed by atoms with van der Waals surface area (Å²) in [5, 5.41) is 10.1. The average Bonchev–Trinajstić information content (AvgIpc) is 3.10. The molecule has 144 valence electrons. The number of nitrogens with zero attached hydrogens (tertiary/aromatic N) is 2. The van der Waals surface area contributed by atoms with Gasteiger partial charge in [-0.05, 0) is 18.4 Å². The van der Waals surface area contributed by atoms with Crippen LogP contribution in [0.2, 0.25) is 0 Å². The minimum absolute atomic E-state index is 0.0802. The largest absolute Gasteiger partial charge is 0.350 e. The minimum Gasteiger partial charge on any atom is -0.350 e. The van der Waals surface area contributed by atoms with Crippen molar-refractivity contribution in [2.75, 3.05) is 13.1 Å². The SMILES string of the molecule is CC[C@@H](C)CNC(=O)c1n[nH]c2c1CN(C(=O)Cc1ccc(C)cc1)CC2. The molecular weight excluding hydrogens is 340 g/mol. The smallest absolute Gasteiger partial charge is 0.272 e. The van der Waals surface area contributed by atoms with Gasteiger partial charge in [-0.3, -0.25) is 14.7 Å². The Kier molecular flexibility index (Phi) is 5.94. The first-order chi connectivity index (χ1) is 13.0. The van der Waals surface area contributed by atoms with Crippen LogP contribution in [0.25, 0.3) is 0 Å². The molecule has 6 nitrogen and oxygen atoms in total. The van der Waals surface area contributed by atoms with E-state index < -0.39 is 0 Å². The molecule has 2 N–H and O–H groups in total. The Morgan fingerprint density at radius 1 is 1.30 bits per heavy atom. The molecule has 0 spiro atoms. The first-order valence-electron chi connectivity index (χ1n) is 9.65. The summed E-state index contributed by atoms with van der Waals surface area (Å²) in [5.74, 6) is 0.341. The van der Waals surface area contributed by atoms with E-state index in [4.69, 9.17) is 0 Å². The van der Waals surface area contributed by atoms with Crippen LogP contribution in [-0.4, -0.2) is 40.0 Å². The molecule has 27 heavy (non-hydrogen) atoms. The van der Waals surface area contributed by atoms with E-state index >= 15 is 0 Å². The summed E-state index contributed by atoms with van der Waals surface area (Å²) >= 11 is 0. The van der Waals surface area contributed by atoms with E-state index in [-0.39, 0.29) is 11.8 Å². The Balaban J connectivity index is 1.66. The van der Waals surface area contributed by atoms with E-state index in [0.29, 0.717) is 44.1 Å². The normalized spacial score (nSPS) is 14.6. The van der Waals surface area contributed by atoms with Crippen molar-refractivity contribution in [2.45, 2.75) is 46.6 Å². The monoisotopic (exact) mass is 368 g/mol. The number of nitrogens with one attached hydrogen (secondary N) is 2. The van der Waals surface area contributed by atoms with Crippen LogP contribution in [0.5, 0.6) is 0 Å². The molecule has 0 unspecified atom stereocenters. The number of rotatable bonds is 6. The Labute approximate surface area is 160 Å². The fourth-order valence-corrected chi connectivity index (χ4v) is 3.18. The molecule has 0 saturated heterocycles. The molecule has 0 aliphatic carbocycles. The van der Waals surface area contributed by atoms with E-state index in [1.54, 1.807) is 0 Å². The van der Waals surface area contributed by atoms with Gasteiger partial charge in [0.15, 0.2) is 5.69 Å². The van der Waals surface area contributed by atoms with E-state index in [9.17, 15) is 9.59 Å². The van der Waals surface area contributed by atoms with Crippen molar-refractivity contribution in [1.82, 2.24) is 20.4 Å². The van der Waals surface area contributed by atoms with E-state index in [2.05, 4.69) is 29.4 Å². The van der Waals surface area contributed by atoms with Gasteiger partial charge in [0.2, 0.25) is 5.91 Å². The van der Waals surface area contributed by atoms with E-state index in [1.165, 1.54) is 5.56 Å². The van der Waals surface area contributed by atoms with Gasteiger partial charge >= 0.3 is 0 Å². The van der Waals surface area contributed by atoms with E-state index in [0.717, 1.165) is 23.2 Å². The highest BCUT2D eigenvalue weighted by molar-refractivity contribution is 5.94. The van der Waals surface area contributed by atoms with Crippen LogP contribution in [0, 0.1) is 12.8 Å². The number of aromatic amines is 1. The molecule has 0 bridgehead atoms. The van der Waals surface area contributed by atoms with Gasteiger partial charge in [-0.1, -0.05) is 50.1 Å². The summed E-state index contributed by atoms with van der Waals surface area (Å²) < 4.78 is 0. The lowest BCUT2D eigenvalue weighted by atomic mass is 10.0. The molecule has 3 rings (SSSR count). The molecule has 1 aromatic heterocycles. The lowest BCUT2D eigenvalue weighted by Crippen LogP contribution is -2.38. The standard InChI is InChI=1S/C21H28N4O2/c1-4-14(2)12-22-21(27)20-17-13-25(10-9-18(17)23-24-20)19(26)11-16-7-5-15(3)6-8-16/h5-8,14H,4,9-13H2,1-3H3,(H,22,27)(H,23,24)/t14-/m1/s1. The molecule has 2 heterocycles. The van der Waals surface area contributed by atoms with Gasteiger partial charge in [0.1, 0.15) is 0 Å². The Morgan fingerprint density at radius 2 is 2.04 bits per heavy atom. The number of H-pyrrole nitrogens is 1. The lowest BCUT2D eigenvalue weighted by Gasteiger charge is -2.27. The van der Waals surface area contributed by atoms with Crippen LogP contribution in [0.4, 0.5) is 0 Å². The van der Waals surface area contributed by atoms with Gasteiger partial charge in [-0.2, -0.15) is 5.10 Å². The summed E-state index contributed by atoms with van der Waals surface area (Å²) in [7, 11) is 0. The maximum Gasteiger partial charge on any atom is 0.272 e. The number of hydrogen-bond donors (Lipinski definition) is 2. The number of carbonyl (C=O) groups excluding carboxylic acids is 2. The lowest BCUT2D eigenvalue weighted by molar-refractivity contribution is -0.131. The third-order valence-corrected chi connectivity index (χ3v) is 5.29. The molecule has 2 amide bonds. The number of aryl methyl sites for hydroxylation is 1. The van der Waals surface area contributed by atoms with Gasteiger partial charge < -0.3 is 10.2 Å². The number of aromatic nitrogens is 2. The zero-order valence-electron chi connectivity index (χ0n) is 16.3. The Morgan fingerprint density at radius 3 is 2.74 bits per heavy atom. The third-order valence-electron chi connectivity index (χ3n) is 5.29. The summed E-state index contributed by atoms with van der Waals surface area (Å²) in [6.07, 6.45) is 2.09. The first-order valence-corrected chi connectivity index (χ1v) is 9.65. The molecule has 1 aliphatic heterocycles. The zero-order valence-corrected chi connectivity index (χ0v) is 16.3. The molecule has 1 aromatic carbocycles. The number of hydrogen-bond acceptors (Lipinski definition) is 3. The van der Waals surface area contributed by atoms with Crippen LogP contribution in [0.3, 0.4) is 0 Å². The van der Waals surface area contributed by atoms with Crippen LogP contribution in [0.1, 0.15) is 53.1 Å². The molecule has 6 heteroatoms. The first kappa shape index (κ1) is 19.1. The number of carbonyl (C=O) groups is 2. The summed E-state index contributed by atoms with van der Waals surface area (Å²) in [4.78, 5) is 27.0. The van der Waals surface area contributed by atoms with Gasteiger partial charge in [-0.15, -0.1) is 0 Å². The Hall–Kier alpha value is -2.63. The van der Waals surface area contributed by atoms with Crippen LogP contribution in [0.15, 0.2) is 24.3 Å². The second-order valence-electron chi connectivity index (χ2n) is 7.48. The highest BCUT2D eigenvalue weighted by atomic mass is 16.2. The van der Waals surface area contributed by atoms with Crippen molar-refractivity contribution in [2.24, 2.45) is 5.92 Å². The van der Waals surface area contributed by atoms with Gasteiger partial charge in [0, 0.05) is 37.3 Å². The van der Waals surface area contributed by atoms with Crippen LogP contribution >= 0.6 is 0 Å². The van der Waals surface area contributed by atoms with Gasteiger partial charge in [-0.25, -0.2) is 0 Å². The van der Waals surface area contributed by atoms with Crippen LogP contribution < -0.4 is 5.32 Å². The van der Waals surface area contributed by atoms with Crippen molar-refractivity contribution >= 4 is 11.8 Å². The average molecular weight is 368 g/mol. The number of benzene rings is 1. The molecule has 1 atom stereocenters.